The standard InChI is InChI=1S/C32H37N5O5/c1-22-9-10-23(32(2,3)4)21-27(22)37-29(13-14-33-37)35-30(38)34-26-11-12-28(25-8-6-5-7-24(25)26)41-19-20-42-31(39)36-15-17-40-18-16-36/h5-14,21H,15-20H2,1-4H3,(H2,34,35,38). The van der Waals surface area contributed by atoms with E-state index in [0.717, 1.165) is 22.0 Å². The average Bonchev–Trinajstić information content (AvgIpc) is 3.43. The first-order valence-electron chi connectivity index (χ1n) is 14.1. The Hall–Kier alpha value is -4.57. The lowest BCUT2D eigenvalue weighted by molar-refractivity contribution is 0.0240. The summed E-state index contributed by atoms with van der Waals surface area (Å²) in [6.45, 7) is 10.9. The molecule has 3 aromatic carbocycles. The monoisotopic (exact) mass is 571 g/mol. The minimum atomic E-state index is -0.393. The molecule has 2 heterocycles. The second kappa shape index (κ2) is 12.5. The summed E-state index contributed by atoms with van der Waals surface area (Å²) in [4.78, 5) is 27.0. The molecule has 0 saturated carbocycles. The van der Waals surface area contributed by atoms with Crippen molar-refractivity contribution < 1.29 is 23.8 Å². The number of rotatable bonds is 7. The molecule has 5 rings (SSSR count). The molecule has 0 bridgehead atoms. The largest absolute Gasteiger partial charge is 0.489 e. The first kappa shape index (κ1) is 28.9. The normalized spacial score (nSPS) is 13.6. The van der Waals surface area contributed by atoms with E-state index < -0.39 is 6.03 Å². The first-order valence-corrected chi connectivity index (χ1v) is 14.1. The zero-order valence-corrected chi connectivity index (χ0v) is 24.5. The molecule has 0 aliphatic carbocycles. The highest BCUT2D eigenvalue weighted by Gasteiger charge is 2.19. The van der Waals surface area contributed by atoms with E-state index in [1.165, 1.54) is 5.56 Å². The molecule has 1 aromatic heterocycles. The van der Waals surface area contributed by atoms with Crippen molar-refractivity contribution in [2.45, 2.75) is 33.1 Å². The number of morpholine rings is 1. The first-order chi connectivity index (χ1) is 20.2. The van der Waals surface area contributed by atoms with E-state index in [2.05, 4.69) is 54.7 Å². The maximum Gasteiger partial charge on any atom is 0.410 e. The van der Waals surface area contributed by atoms with Crippen LogP contribution in [-0.2, 0) is 14.9 Å². The van der Waals surface area contributed by atoms with Gasteiger partial charge in [0.05, 0.1) is 30.8 Å². The predicted molar refractivity (Wildman–Crippen MR) is 163 cm³/mol. The van der Waals surface area contributed by atoms with Gasteiger partial charge in [-0.1, -0.05) is 57.2 Å². The third-order valence-electron chi connectivity index (χ3n) is 7.16. The number of carbonyl (C=O) groups excluding carboxylic acids is 2. The number of ether oxygens (including phenoxy) is 3. The van der Waals surface area contributed by atoms with Gasteiger partial charge in [0.2, 0.25) is 0 Å². The highest BCUT2D eigenvalue weighted by atomic mass is 16.6. The summed E-state index contributed by atoms with van der Waals surface area (Å²) >= 11 is 0. The van der Waals surface area contributed by atoms with Crippen LogP contribution in [0.15, 0.2) is 66.9 Å². The number of hydrogen-bond acceptors (Lipinski definition) is 6. The molecular formula is C32H37N5O5. The topological polar surface area (TPSA) is 107 Å². The lowest BCUT2D eigenvalue weighted by Crippen LogP contribution is -2.41. The van der Waals surface area contributed by atoms with Crippen LogP contribution in [0.2, 0.25) is 0 Å². The summed E-state index contributed by atoms with van der Waals surface area (Å²) in [6.07, 6.45) is 1.30. The summed E-state index contributed by atoms with van der Waals surface area (Å²) in [5, 5.41) is 12.0. The van der Waals surface area contributed by atoms with Gasteiger partial charge in [0.25, 0.3) is 0 Å². The van der Waals surface area contributed by atoms with Gasteiger partial charge in [-0.25, -0.2) is 14.3 Å². The highest BCUT2D eigenvalue weighted by molar-refractivity contribution is 6.07. The Balaban J connectivity index is 1.25. The number of nitrogens with one attached hydrogen (secondary N) is 2. The van der Waals surface area contributed by atoms with Crippen LogP contribution in [0.1, 0.15) is 31.9 Å². The fourth-order valence-electron chi connectivity index (χ4n) is 4.79. The maximum absolute atomic E-state index is 13.2. The van der Waals surface area contributed by atoms with E-state index in [4.69, 9.17) is 14.2 Å². The zero-order chi connectivity index (χ0) is 29.7. The summed E-state index contributed by atoms with van der Waals surface area (Å²) in [7, 11) is 0. The van der Waals surface area contributed by atoms with Crippen molar-refractivity contribution in [2.75, 3.05) is 50.2 Å². The van der Waals surface area contributed by atoms with E-state index in [1.807, 2.05) is 31.2 Å². The number of nitrogens with zero attached hydrogens (tertiary/aromatic N) is 3. The van der Waals surface area contributed by atoms with Crippen molar-refractivity contribution in [2.24, 2.45) is 0 Å². The number of aryl methyl sites for hydroxylation is 1. The number of fused-ring (bicyclic) bond motifs is 1. The van der Waals surface area contributed by atoms with Gasteiger partial charge in [0, 0.05) is 29.9 Å². The Bertz CT molecular complexity index is 1570. The maximum atomic E-state index is 13.2. The van der Waals surface area contributed by atoms with E-state index in [0.29, 0.717) is 43.6 Å². The molecule has 220 valence electrons. The lowest BCUT2D eigenvalue weighted by Gasteiger charge is -2.25. The molecule has 4 aromatic rings. The number of anilines is 2. The molecule has 10 nitrogen and oxygen atoms in total. The third-order valence-corrected chi connectivity index (χ3v) is 7.16. The number of urea groups is 1. The van der Waals surface area contributed by atoms with Gasteiger partial charge in [-0.05, 0) is 41.7 Å². The van der Waals surface area contributed by atoms with Gasteiger partial charge in [0.1, 0.15) is 24.8 Å². The smallest absolute Gasteiger partial charge is 0.410 e. The van der Waals surface area contributed by atoms with Crippen LogP contribution < -0.4 is 15.4 Å². The van der Waals surface area contributed by atoms with Crippen LogP contribution in [0.25, 0.3) is 16.5 Å². The Kier molecular flexibility index (Phi) is 8.63. The van der Waals surface area contributed by atoms with Gasteiger partial charge in [-0.3, -0.25) is 5.32 Å². The molecule has 0 unspecified atom stereocenters. The van der Waals surface area contributed by atoms with Crippen LogP contribution in [-0.4, -0.2) is 66.3 Å². The van der Waals surface area contributed by atoms with E-state index in [1.54, 1.807) is 34.0 Å². The second-order valence-electron chi connectivity index (χ2n) is 11.2. The van der Waals surface area contributed by atoms with E-state index >= 15 is 0 Å². The number of hydrogen-bond donors (Lipinski definition) is 2. The summed E-state index contributed by atoms with van der Waals surface area (Å²) in [6, 6.07) is 18.9. The Morgan fingerprint density at radius 2 is 1.71 bits per heavy atom. The number of amides is 3. The molecule has 0 spiro atoms. The molecule has 1 saturated heterocycles. The molecular weight excluding hydrogens is 534 g/mol. The van der Waals surface area contributed by atoms with Crippen LogP contribution >= 0.6 is 0 Å². The van der Waals surface area contributed by atoms with Crippen molar-refractivity contribution in [3.63, 3.8) is 0 Å². The van der Waals surface area contributed by atoms with Gasteiger partial charge >= 0.3 is 12.1 Å². The van der Waals surface area contributed by atoms with Crippen LogP contribution in [0.4, 0.5) is 21.1 Å². The van der Waals surface area contributed by atoms with Gasteiger partial charge < -0.3 is 24.4 Å². The van der Waals surface area contributed by atoms with Crippen molar-refractivity contribution in [3.8, 4) is 11.4 Å². The molecule has 1 aliphatic heterocycles. The minimum absolute atomic E-state index is 0.0230. The van der Waals surface area contributed by atoms with Gasteiger partial charge in [0.15, 0.2) is 0 Å². The van der Waals surface area contributed by atoms with Crippen LogP contribution in [0.5, 0.6) is 5.75 Å². The molecule has 3 amide bonds. The summed E-state index contributed by atoms with van der Waals surface area (Å²) in [5.41, 5.74) is 3.74. The average molecular weight is 572 g/mol. The van der Waals surface area contributed by atoms with Crippen molar-refractivity contribution in [1.82, 2.24) is 14.7 Å². The van der Waals surface area contributed by atoms with Gasteiger partial charge in [-0.2, -0.15) is 5.10 Å². The van der Waals surface area contributed by atoms with Crippen LogP contribution in [0.3, 0.4) is 0 Å². The van der Waals surface area contributed by atoms with Crippen molar-refractivity contribution in [3.05, 3.63) is 78.0 Å². The molecule has 2 N–H and O–H groups in total. The second-order valence-corrected chi connectivity index (χ2v) is 11.2. The summed E-state index contributed by atoms with van der Waals surface area (Å²) in [5.74, 6) is 1.18. The van der Waals surface area contributed by atoms with E-state index in [-0.39, 0.29) is 24.7 Å². The SMILES string of the molecule is Cc1ccc(C(C)(C)C)cc1-n1nccc1NC(=O)Nc1ccc(OCCOC(=O)N2CCOCC2)c2ccccc12. The Morgan fingerprint density at radius 1 is 0.952 bits per heavy atom. The van der Waals surface area contributed by atoms with Gasteiger partial charge in [-0.15, -0.1) is 0 Å². The molecule has 0 radical (unpaired) electrons. The number of benzene rings is 3. The quantitative estimate of drug-likeness (QED) is 0.259. The number of carbonyl (C=O) groups is 2. The fraction of sp³-hybridized carbons (Fsp3) is 0.344. The van der Waals surface area contributed by atoms with Crippen molar-refractivity contribution >= 4 is 34.4 Å². The Labute approximate surface area is 245 Å². The Morgan fingerprint density at radius 3 is 2.48 bits per heavy atom. The summed E-state index contributed by atoms with van der Waals surface area (Å²) < 4.78 is 18.3. The third kappa shape index (κ3) is 6.66. The van der Waals surface area contributed by atoms with E-state index in [9.17, 15) is 9.59 Å². The molecule has 0 atom stereocenters. The molecule has 42 heavy (non-hydrogen) atoms. The van der Waals surface area contributed by atoms with Crippen LogP contribution in [0, 0.1) is 6.92 Å². The lowest BCUT2D eigenvalue weighted by atomic mass is 9.86. The zero-order valence-electron chi connectivity index (χ0n) is 24.5. The minimum Gasteiger partial charge on any atom is -0.489 e. The molecule has 1 fully saturated rings. The molecule has 10 heteroatoms. The fourth-order valence-corrected chi connectivity index (χ4v) is 4.79. The van der Waals surface area contributed by atoms with Crippen molar-refractivity contribution in [1.29, 1.82) is 0 Å². The molecule has 1 aliphatic rings. The highest BCUT2D eigenvalue weighted by Crippen LogP contribution is 2.32. The number of aromatic nitrogens is 2. The predicted octanol–water partition coefficient (Wildman–Crippen LogP) is 6.12.